The van der Waals surface area contributed by atoms with Gasteiger partial charge in [0.2, 0.25) is 11.8 Å². The number of primary amides is 1. The molecule has 0 fully saturated rings. The molecule has 0 aliphatic carbocycles. The summed E-state index contributed by atoms with van der Waals surface area (Å²) in [6.45, 7) is 0. The van der Waals surface area contributed by atoms with E-state index in [0.717, 1.165) is 16.7 Å². The van der Waals surface area contributed by atoms with E-state index in [9.17, 15) is 24.0 Å². The molecule has 2 aromatic carbocycles. The quantitative estimate of drug-likeness (QED) is 0.231. The second-order valence-corrected chi connectivity index (χ2v) is 8.58. The lowest BCUT2D eigenvalue weighted by Crippen LogP contribution is -2.43. The Morgan fingerprint density at radius 3 is 2.06 bits per heavy atom. The second-order valence-electron chi connectivity index (χ2n) is 8.58. The molecule has 0 spiro atoms. The number of benzene rings is 2. The molecule has 1 unspecified atom stereocenters. The number of carboxylic acids is 2. The van der Waals surface area contributed by atoms with Crippen LogP contribution in [0.4, 0.5) is 5.69 Å². The molecule has 2 aromatic rings. The number of carbonyl (C=O) groups excluding carboxylic acids is 3. The minimum atomic E-state index is -1.14. The van der Waals surface area contributed by atoms with E-state index >= 15 is 0 Å². The van der Waals surface area contributed by atoms with Crippen molar-refractivity contribution in [3.8, 4) is 11.1 Å². The van der Waals surface area contributed by atoms with Crippen LogP contribution in [-0.2, 0) is 30.4 Å². The number of anilines is 1. The number of amides is 2. The molecule has 192 valence electrons. The van der Waals surface area contributed by atoms with E-state index < -0.39 is 41.5 Å². The van der Waals surface area contributed by atoms with Gasteiger partial charge in [-0.3, -0.25) is 24.0 Å². The number of carboxylic acid groups (broad SMARTS) is 2. The van der Waals surface area contributed by atoms with Crippen molar-refractivity contribution >= 4 is 35.2 Å². The first-order chi connectivity index (χ1) is 17.0. The Hall–Kier alpha value is -4.21. The largest absolute Gasteiger partial charge is 0.481 e. The zero-order valence-corrected chi connectivity index (χ0v) is 19.8. The van der Waals surface area contributed by atoms with Gasteiger partial charge in [-0.1, -0.05) is 36.4 Å². The summed E-state index contributed by atoms with van der Waals surface area (Å²) in [7, 11) is 0. The summed E-state index contributed by atoms with van der Waals surface area (Å²) in [6, 6.07) is 14.0. The summed E-state index contributed by atoms with van der Waals surface area (Å²) in [4.78, 5) is 58.7. The molecular weight excluding hydrogens is 466 g/mol. The molecule has 0 bridgehead atoms. The number of carbonyl (C=O) groups is 5. The first-order valence-corrected chi connectivity index (χ1v) is 11.5. The number of aliphatic carboxylic acids is 2. The number of aryl methyl sites for hydroxylation is 1. The first-order valence-electron chi connectivity index (χ1n) is 11.5. The van der Waals surface area contributed by atoms with E-state index in [4.69, 9.17) is 21.7 Å². The minimum absolute atomic E-state index is 0.0622. The van der Waals surface area contributed by atoms with Gasteiger partial charge in [0.25, 0.3) is 0 Å². The Kier molecular flexibility index (Phi) is 10.6. The van der Waals surface area contributed by atoms with E-state index in [1.165, 1.54) is 0 Å². The summed E-state index contributed by atoms with van der Waals surface area (Å²) < 4.78 is 0. The summed E-state index contributed by atoms with van der Waals surface area (Å²) >= 11 is 0. The zero-order valence-electron chi connectivity index (χ0n) is 19.8. The SMILES string of the molecule is NC(=O)C(CCC(=O)O)CC(=O)[C@H](CCC(=O)O)NC(=O)CCc1ccc(-c2cccc(N)c2)cc1. The van der Waals surface area contributed by atoms with Crippen molar-refractivity contribution in [2.24, 2.45) is 11.7 Å². The van der Waals surface area contributed by atoms with Crippen molar-refractivity contribution in [2.75, 3.05) is 5.73 Å². The van der Waals surface area contributed by atoms with Gasteiger partial charge in [-0.15, -0.1) is 0 Å². The maximum Gasteiger partial charge on any atom is 0.303 e. The maximum absolute atomic E-state index is 12.7. The van der Waals surface area contributed by atoms with Crippen LogP contribution in [0.3, 0.4) is 0 Å². The first kappa shape index (κ1) is 28.0. The van der Waals surface area contributed by atoms with E-state index in [0.29, 0.717) is 12.1 Å². The van der Waals surface area contributed by atoms with Crippen molar-refractivity contribution in [2.45, 2.75) is 51.0 Å². The Morgan fingerprint density at radius 1 is 0.833 bits per heavy atom. The monoisotopic (exact) mass is 497 g/mol. The topological polar surface area (TPSA) is 190 Å². The number of hydrogen-bond acceptors (Lipinski definition) is 6. The number of Topliss-reactive ketones (excluding diaryl/α,β-unsaturated/α-hetero) is 1. The van der Waals surface area contributed by atoms with Gasteiger partial charge in [-0.25, -0.2) is 0 Å². The highest BCUT2D eigenvalue weighted by molar-refractivity contribution is 5.92. The van der Waals surface area contributed by atoms with Crippen LogP contribution < -0.4 is 16.8 Å². The lowest BCUT2D eigenvalue weighted by atomic mass is 9.92. The van der Waals surface area contributed by atoms with Crippen LogP contribution in [0.1, 0.15) is 44.1 Å². The molecule has 2 amide bonds. The van der Waals surface area contributed by atoms with E-state index in [1.807, 2.05) is 42.5 Å². The van der Waals surface area contributed by atoms with Crippen molar-refractivity contribution in [3.63, 3.8) is 0 Å². The maximum atomic E-state index is 12.7. The smallest absolute Gasteiger partial charge is 0.303 e. The minimum Gasteiger partial charge on any atom is -0.481 e. The summed E-state index contributed by atoms with van der Waals surface area (Å²) in [5, 5.41) is 20.4. The van der Waals surface area contributed by atoms with Crippen LogP contribution in [0.15, 0.2) is 48.5 Å². The number of nitrogens with two attached hydrogens (primary N) is 2. The molecule has 0 saturated heterocycles. The number of ketones is 1. The molecule has 10 nitrogen and oxygen atoms in total. The third kappa shape index (κ3) is 9.57. The fraction of sp³-hybridized carbons (Fsp3) is 0.346. The van der Waals surface area contributed by atoms with E-state index in [1.54, 1.807) is 6.07 Å². The van der Waals surface area contributed by atoms with Gasteiger partial charge in [0.1, 0.15) is 0 Å². The second kappa shape index (κ2) is 13.6. The number of hydrogen-bond donors (Lipinski definition) is 5. The Morgan fingerprint density at radius 2 is 1.47 bits per heavy atom. The van der Waals surface area contributed by atoms with Crippen molar-refractivity contribution in [1.82, 2.24) is 5.32 Å². The number of nitrogen functional groups attached to an aromatic ring is 1. The fourth-order valence-electron chi connectivity index (χ4n) is 3.72. The van der Waals surface area contributed by atoms with Gasteiger partial charge in [-0.2, -0.15) is 0 Å². The highest BCUT2D eigenvalue weighted by atomic mass is 16.4. The van der Waals surface area contributed by atoms with Crippen LogP contribution in [0, 0.1) is 5.92 Å². The Labute approximate surface area is 208 Å². The van der Waals surface area contributed by atoms with Gasteiger partial charge >= 0.3 is 11.9 Å². The average Bonchev–Trinajstić information content (AvgIpc) is 2.82. The predicted octanol–water partition coefficient (Wildman–Crippen LogP) is 2.14. The number of rotatable bonds is 15. The summed E-state index contributed by atoms with van der Waals surface area (Å²) in [6.07, 6.45) is -0.903. The van der Waals surface area contributed by atoms with Gasteiger partial charge < -0.3 is 27.0 Å². The lowest BCUT2D eigenvalue weighted by molar-refractivity contribution is -0.139. The fourth-order valence-corrected chi connectivity index (χ4v) is 3.72. The number of nitrogens with one attached hydrogen (secondary N) is 1. The molecule has 7 N–H and O–H groups in total. The molecule has 36 heavy (non-hydrogen) atoms. The Bertz CT molecular complexity index is 1100. The van der Waals surface area contributed by atoms with Crippen LogP contribution in [0.5, 0.6) is 0 Å². The summed E-state index contributed by atoms with van der Waals surface area (Å²) in [5.41, 5.74) is 14.6. The molecule has 0 aliphatic heterocycles. The Balaban J connectivity index is 1.98. The molecule has 0 heterocycles. The van der Waals surface area contributed by atoms with Gasteiger partial charge in [0.05, 0.1) is 6.04 Å². The van der Waals surface area contributed by atoms with Crippen LogP contribution in [0.2, 0.25) is 0 Å². The van der Waals surface area contributed by atoms with Crippen LogP contribution in [-0.4, -0.2) is 45.8 Å². The average molecular weight is 498 g/mol. The molecule has 2 rings (SSSR count). The van der Waals surface area contributed by atoms with E-state index in [2.05, 4.69) is 5.32 Å². The lowest BCUT2D eigenvalue weighted by Gasteiger charge is -2.19. The molecule has 0 radical (unpaired) electrons. The van der Waals surface area contributed by atoms with Gasteiger partial charge in [-0.05, 0) is 48.1 Å². The van der Waals surface area contributed by atoms with Crippen molar-refractivity contribution < 1.29 is 34.2 Å². The van der Waals surface area contributed by atoms with Crippen molar-refractivity contribution in [3.05, 3.63) is 54.1 Å². The molecular formula is C26H31N3O7. The molecule has 0 aliphatic rings. The molecule has 2 atom stereocenters. The zero-order chi connectivity index (χ0) is 26.7. The normalized spacial score (nSPS) is 12.3. The van der Waals surface area contributed by atoms with Gasteiger partial charge in [0.15, 0.2) is 5.78 Å². The third-order valence-electron chi connectivity index (χ3n) is 5.74. The molecule has 10 heteroatoms. The highest BCUT2D eigenvalue weighted by Crippen LogP contribution is 2.22. The summed E-state index contributed by atoms with van der Waals surface area (Å²) in [5.74, 6) is -5.12. The highest BCUT2D eigenvalue weighted by Gasteiger charge is 2.27. The standard InChI is InChI=1S/C26H31N3O7/c27-20-3-1-2-18(14-20)17-7-4-16(5-8-17)6-11-23(31)29-21(10-13-25(34)35)22(30)15-19(26(28)36)9-12-24(32)33/h1-5,7-8,14,19,21H,6,9-13,15,27H2,(H2,28,36)(H,29,31)(H,32,33)(H,34,35)/t19?,21-/m0/s1. The van der Waals surface area contributed by atoms with Gasteiger partial charge in [0, 0.05) is 37.3 Å². The molecule has 0 saturated carbocycles. The van der Waals surface area contributed by atoms with Crippen LogP contribution in [0.25, 0.3) is 11.1 Å². The van der Waals surface area contributed by atoms with Crippen molar-refractivity contribution in [1.29, 1.82) is 0 Å². The van der Waals surface area contributed by atoms with E-state index in [-0.39, 0.29) is 38.5 Å². The molecule has 0 aromatic heterocycles. The predicted molar refractivity (Wildman–Crippen MR) is 133 cm³/mol. The third-order valence-corrected chi connectivity index (χ3v) is 5.74. The van der Waals surface area contributed by atoms with Crippen LogP contribution >= 0.6 is 0 Å².